The molecule has 0 atom stereocenters. The lowest BCUT2D eigenvalue weighted by atomic mass is 10.3. The van der Waals surface area contributed by atoms with Crippen LogP contribution in [0.25, 0.3) is 10.8 Å². The van der Waals surface area contributed by atoms with Gasteiger partial charge in [-0.15, -0.1) is 23.1 Å². The molecule has 3 nitrogen and oxygen atoms in total. The molecular formula is C14H11ClN2OS2. The van der Waals surface area contributed by atoms with E-state index in [1.807, 2.05) is 35.7 Å². The van der Waals surface area contributed by atoms with Crippen LogP contribution in [0.1, 0.15) is 5.69 Å². The first-order valence-electron chi connectivity index (χ1n) is 5.88. The van der Waals surface area contributed by atoms with Crippen LogP contribution < -0.4 is 5.73 Å². The molecule has 0 bridgehead atoms. The number of hydrogen-bond donors (Lipinski definition) is 1. The molecule has 0 aliphatic rings. The Hall–Kier alpha value is -1.43. The lowest BCUT2D eigenvalue weighted by Crippen LogP contribution is -1.86. The number of nitrogens with zero attached hydrogens (tertiary/aromatic N) is 1. The summed E-state index contributed by atoms with van der Waals surface area (Å²) in [7, 11) is 0. The average Bonchev–Trinajstić information content (AvgIpc) is 3.09. The summed E-state index contributed by atoms with van der Waals surface area (Å²) in [6.45, 7) is 0. The molecule has 0 unspecified atom stereocenters. The zero-order valence-electron chi connectivity index (χ0n) is 10.4. The highest BCUT2D eigenvalue weighted by Crippen LogP contribution is 2.30. The Balaban J connectivity index is 1.68. The zero-order valence-corrected chi connectivity index (χ0v) is 12.8. The Labute approximate surface area is 129 Å². The van der Waals surface area contributed by atoms with E-state index in [0.717, 1.165) is 21.2 Å². The highest BCUT2D eigenvalue weighted by atomic mass is 35.5. The van der Waals surface area contributed by atoms with Gasteiger partial charge in [0.05, 0.1) is 21.3 Å². The van der Waals surface area contributed by atoms with E-state index in [1.54, 1.807) is 29.4 Å². The molecule has 2 aromatic heterocycles. The van der Waals surface area contributed by atoms with Crippen LogP contribution in [0.5, 0.6) is 0 Å². The summed E-state index contributed by atoms with van der Waals surface area (Å²) in [5.41, 5.74) is 7.19. The maximum absolute atomic E-state index is 6.00. The predicted octanol–water partition coefficient (Wildman–Crippen LogP) is 4.93. The number of benzene rings is 1. The second kappa shape index (κ2) is 5.91. The van der Waals surface area contributed by atoms with Gasteiger partial charge in [0.25, 0.3) is 0 Å². The third-order valence-electron chi connectivity index (χ3n) is 2.64. The van der Waals surface area contributed by atoms with E-state index in [1.165, 1.54) is 0 Å². The van der Waals surface area contributed by atoms with Crippen molar-refractivity contribution in [2.45, 2.75) is 10.6 Å². The standard InChI is InChI=1S/C14H11ClN2OS2/c15-11-6-10(3-4-12(11)16)20-8-9-7-18-14(17-9)13-2-1-5-19-13/h1-7H,8,16H2. The topological polar surface area (TPSA) is 52.0 Å². The van der Waals surface area contributed by atoms with E-state index in [9.17, 15) is 0 Å². The van der Waals surface area contributed by atoms with Crippen molar-refractivity contribution in [3.8, 4) is 10.8 Å². The third-order valence-corrected chi connectivity index (χ3v) is 4.85. The molecule has 6 heteroatoms. The van der Waals surface area contributed by atoms with Gasteiger partial charge in [0.15, 0.2) is 0 Å². The number of halogens is 1. The Kier molecular flexibility index (Phi) is 4.00. The molecule has 0 radical (unpaired) electrons. The summed E-state index contributed by atoms with van der Waals surface area (Å²) in [5.74, 6) is 1.40. The van der Waals surface area contributed by atoms with Crippen LogP contribution in [0.15, 0.2) is 51.3 Å². The van der Waals surface area contributed by atoms with Crippen LogP contribution in [0.3, 0.4) is 0 Å². The van der Waals surface area contributed by atoms with Crippen molar-refractivity contribution >= 4 is 40.4 Å². The molecule has 20 heavy (non-hydrogen) atoms. The molecule has 0 saturated carbocycles. The number of anilines is 1. The number of thiophene rings is 1. The molecule has 102 valence electrons. The number of hydrogen-bond acceptors (Lipinski definition) is 5. The lowest BCUT2D eigenvalue weighted by Gasteiger charge is -2.02. The zero-order chi connectivity index (χ0) is 13.9. The molecule has 0 saturated heterocycles. The van der Waals surface area contributed by atoms with Crippen molar-refractivity contribution in [1.29, 1.82) is 0 Å². The van der Waals surface area contributed by atoms with Gasteiger partial charge in [-0.05, 0) is 29.6 Å². The molecule has 3 aromatic rings. The van der Waals surface area contributed by atoms with Crippen molar-refractivity contribution in [2.24, 2.45) is 0 Å². The van der Waals surface area contributed by atoms with Crippen LogP contribution in [0.2, 0.25) is 5.02 Å². The number of rotatable bonds is 4. The van der Waals surface area contributed by atoms with Crippen molar-refractivity contribution < 1.29 is 4.42 Å². The van der Waals surface area contributed by atoms with E-state index in [2.05, 4.69) is 4.98 Å². The molecule has 0 spiro atoms. The van der Waals surface area contributed by atoms with E-state index >= 15 is 0 Å². The Morgan fingerprint density at radius 2 is 2.25 bits per heavy atom. The van der Waals surface area contributed by atoms with Gasteiger partial charge >= 0.3 is 0 Å². The van der Waals surface area contributed by atoms with Crippen LogP contribution in [0.4, 0.5) is 5.69 Å². The minimum absolute atomic E-state index is 0.578. The first kappa shape index (κ1) is 13.5. The summed E-state index contributed by atoms with van der Waals surface area (Å²) in [4.78, 5) is 6.57. The fraction of sp³-hybridized carbons (Fsp3) is 0.0714. The van der Waals surface area contributed by atoms with Gasteiger partial charge in [0.1, 0.15) is 6.26 Å². The fourth-order valence-electron chi connectivity index (χ4n) is 1.64. The summed E-state index contributed by atoms with van der Waals surface area (Å²) >= 11 is 9.26. The number of nitrogens with two attached hydrogens (primary N) is 1. The fourth-order valence-corrected chi connectivity index (χ4v) is 3.35. The average molecular weight is 323 g/mol. The smallest absolute Gasteiger partial charge is 0.236 e. The van der Waals surface area contributed by atoms with Crippen molar-refractivity contribution in [3.05, 3.63) is 52.7 Å². The maximum atomic E-state index is 6.00. The van der Waals surface area contributed by atoms with E-state index in [4.69, 9.17) is 21.8 Å². The van der Waals surface area contributed by atoms with E-state index in [-0.39, 0.29) is 0 Å². The van der Waals surface area contributed by atoms with Gasteiger partial charge in [0.2, 0.25) is 5.89 Å². The first-order valence-corrected chi connectivity index (χ1v) is 8.13. The molecule has 3 rings (SSSR count). The largest absolute Gasteiger partial charge is 0.444 e. The summed E-state index contributed by atoms with van der Waals surface area (Å²) in [6, 6.07) is 9.60. The normalized spacial score (nSPS) is 10.8. The van der Waals surface area contributed by atoms with Crippen molar-refractivity contribution in [2.75, 3.05) is 5.73 Å². The third kappa shape index (κ3) is 3.00. The van der Waals surface area contributed by atoms with Gasteiger partial charge in [-0.1, -0.05) is 17.7 Å². The predicted molar refractivity (Wildman–Crippen MR) is 85.2 cm³/mol. The molecule has 2 heterocycles. The van der Waals surface area contributed by atoms with Crippen LogP contribution >= 0.6 is 34.7 Å². The summed E-state index contributed by atoms with van der Waals surface area (Å²) in [6.07, 6.45) is 1.70. The molecule has 0 aliphatic carbocycles. The van der Waals surface area contributed by atoms with E-state index < -0.39 is 0 Å². The Morgan fingerprint density at radius 3 is 3.00 bits per heavy atom. The van der Waals surface area contributed by atoms with Gasteiger partial charge < -0.3 is 10.2 Å². The van der Waals surface area contributed by atoms with E-state index in [0.29, 0.717) is 16.6 Å². The van der Waals surface area contributed by atoms with Crippen molar-refractivity contribution in [1.82, 2.24) is 4.98 Å². The summed E-state index contributed by atoms with van der Waals surface area (Å²) in [5, 5.41) is 2.58. The SMILES string of the molecule is Nc1ccc(SCc2coc(-c3cccs3)n2)cc1Cl. The lowest BCUT2D eigenvalue weighted by molar-refractivity contribution is 0.575. The highest BCUT2D eigenvalue weighted by Gasteiger charge is 2.08. The van der Waals surface area contributed by atoms with Gasteiger partial charge in [-0.2, -0.15) is 0 Å². The van der Waals surface area contributed by atoms with Gasteiger partial charge in [-0.25, -0.2) is 4.98 Å². The van der Waals surface area contributed by atoms with Crippen molar-refractivity contribution in [3.63, 3.8) is 0 Å². The van der Waals surface area contributed by atoms with Crippen LogP contribution in [0, 0.1) is 0 Å². The molecule has 2 N–H and O–H groups in total. The number of nitrogen functional groups attached to an aromatic ring is 1. The highest BCUT2D eigenvalue weighted by molar-refractivity contribution is 7.98. The minimum atomic E-state index is 0.578. The second-order valence-corrected chi connectivity index (χ2v) is 6.50. The first-order chi connectivity index (χ1) is 9.72. The van der Waals surface area contributed by atoms with Gasteiger partial charge in [0, 0.05) is 10.6 Å². The maximum Gasteiger partial charge on any atom is 0.236 e. The molecule has 1 aromatic carbocycles. The molecular weight excluding hydrogens is 312 g/mol. The number of thioether (sulfide) groups is 1. The van der Waals surface area contributed by atoms with Crippen LogP contribution in [-0.2, 0) is 5.75 Å². The second-order valence-electron chi connectivity index (χ2n) is 4.09. The summed E-state index contributed by atoms with van der Waals surface area (Å²) < 4.78 is 5.48. The molecule has 0 fully saturated rings. The van der Waals surface area contributed by atoms with Crippen LogP contribution in [-0.4, -0.2) is 4.98 Å². The monoisotopic (exact) mass is 322 g/mol. The number of aromatic nitrogens is 1. The Morgan fingerprint density at radius 1 is 1.35 bits per heavy atom. The molecule has 0 aliphatic heterocycles. The molecule has 0 amide bonds. The minimum Gasteiger partial charge on any atom is -0.444 e. The van der Waals surface area contributed by atoms with Gasteiger partial charge in [-0.3, -0.25) is 0 Å². The Bertz CT molecular complexity index is 710. The quantitative estimate of drug-likeness (QED) is 0.546. The number of oxazole rings is 1.